The zero-order valence-electron chi connectivity index (χ0n) is 11.0. The molecule has 1 aliphatic rings. The summed E-state index contributed by atoms with van der Waals surface area (Å²) in [5.74, 6) is -1.44. The van der Waals surface area contributed by atoms with Crippen molar-refractivity contribution in [2.24, 2.45) is 5.92 Å². The number of carboxylic acid groups (broad SMARTS) is 1. The molecule has 2 N–H and O–H groups in total. The van der Waals surface area contributed by atoms with Crippen LogP contribution in [0.5, 0.6) is 0 Å². The molecule has 0 spiro atoms. The SMILES string of the molecule is CCCCC(C(=O)O)C1(O)CCN(CC)CC1. The fourth-order valence-corrected chi connectivity index (χ4v) is 2.64. The van der Waals surface area contributed by atoms with Crippen molar-refractivity contribution in [3.63, 3.8) is 0 Å². The van der Waals surface area contributed by atoms with Crippen molar-refractivity contribution in [2.45, 2.75) is 51.6 Å². The topological polar surface area (TPSA) is 60.8 Å². The Morgan fingerprint density at radius 3 is 2.35 bits per heavy atom. The van der Waals surface area contributed by atoms with Crippen molar-refractivity contribution in [2.75, 3.05) is 19.6 Å². The first-order chi connectivity index (χ1) is 8.03. The number of hydrogen-bond donors (Lipinski definition) is 2. The Morgan fingerprint density at radius 2 is 1.94 bits per heavy atom. The molecule has 0 saturated carbocycles. The van der Waals surface area contributed by atoms with Crippen LogP contribution in [0.15, 0.2) is 0 Å². The van der Waals surface area contributed by atoms with Gasteiger partial charge in [0.05, 0.1) is 11.5 Å². The van der Waals surface area contributed by atoms with E-state index >= 15 is 0 Å². The van der Waals surface area contributed by atoms with Gasteiger partial charge in [-0.3, -0.25) is 4.79 Å². The first kappa shape index (κ1) is 14.5. The molecule has 1 atom stereocenters. The molecule has 0 radical (unpaired) electrons. The number of hydrogen-bond acceptors (Lipinski definition) is 3. The predicted octanol–water partition coefficient (Wildman–Crippen LogP) is 1.72. The van der Waals surface area contributed by atoms with Gasteiger partial charge in [-0.15, -0.1) is 0 Å². The minimum atomic E-state index is -0.993. The highest BCUT2D eigenvalue weighted by atomic mass is 16.4. The summed E-state index contributed by atoms with van der Waals surface area (Å²) in [4.78, 5) is 13.5. The highest BCUT2D eigenvalue weighted by molar-refractivity contribution is 5.71. The van der Waals surface area contributed by atoms with Crippen LogP contribution in [0.4, 0.5) is 0 Å². The van der Waals surface area contributed by atoms with Crippen molar-refractivity contribution < 1.29 is 15.0 Å². The van der Waals surface area contributed by atoms with Gasteiger partial charge in [0.15, 0.2) is 0 Å². The Hall–Kier alpha value is -0.610. The van der Waals surface area contributed by atoms with Crippen LogP contribution < -0.4 is 0 Å². The second-order valence-electron chi connectivity index (χ2n) is 5.07. The summed E-state index contributed by atoms with van der Waals surface area (Å²) in [5, 5.41) is 19.8. The van der Waals surface area contributed by atoms with Gasteiger partial charge in [-0.25, -0.2) is 0 Å². The lowest BCUT2D eigenvalue weighted by atomic mass is 9.77. The number of carboxylic acids is 1. The van der Waals surface area contributed by atoms with E-state index in [1.54, 1.807) is 0 Å². The lowest BCUT2D eigenvalue weighted by molar-refractivity contribution is -0.157. The maximum absolute atomic E-state index is 11.3. The summed E-state index contributed by atoms with van der Waals surface area (Å²) in [5.41, 5.74) is -0.993. The largest absolute Gasteiger partial charge is 0.481 e. The molecular formula is C13H25NO3. The number of nitrogens with zero attached hydrogens (tertiary/aromatic N) is 1. The summed E-state index contributed by atoms with van der Waals surface area (Å²) >= 11 is 0. The van der Waals surface area contributed by atoms with Crippen LogP contribution in [0.3, 0.4) is 0 Å². The van der Waals surface area contributed by atoms with Gasteiger partial charge in [-0.2, -0.15) is 0 Å². The smallest absolute Gasteiger partial charge is 0.309 e. The first-order valence-corrected chi connectivity index (χ1v) is 6.71. The van der Waals surface area contributed by atoms with Crippen molar-refractivity contribution in [1.29, 1.82) is 0 Å². The molecule has 0 aromatic heterocycles. The van der Waals surface area contributed by atoms with E-state index < -0.39 is 17.5 Å². The molecule has 100 valence electrons. The van der Waals surface area contributed by atoms with Gasteiger partial charge in [-0.1, -0.05) is 26.7 Å². The second-order valence-corrected chi connectivity index (χ2v) is 5.07. The van der Waals surface area contributed by atoms with E-state index in [0.29, 0.717) is 19.3 Å². The maximum Gasteiger partial charge on any atom is 0.309 e. The fourth-order valence-electron chi connectivity index (χ4n) is 2.64. The average molecular weight is 243 g/mol. The molecule has 1 saturated heterocycles. The second kappa shape index (κ2) is 6.36. The number of rotatable bonds is 6. The molecule has 4 heteroatoms. The Labute approximate surface area is 104 Å². The molecule has 0 amide bonds. The molecule has 1 rings (SSSR count). The van der Waals surface area contributed by atoms with E-state index in [-0.39, 0.29) is 0 Å². The zero-order chi connectivity index (χ0) is 12.9. The Balaban J connectivity index is 2.63. The summed E-state index contributed by atoms with van der Waals surface area (Å²) < 4.78 is 0. The van der Waals surface area contributed by atoms with Gasteiger partial charge in [0.1, 0.15) is 0 Å². The molecule has 0 aliphatic carbocycles. The van der Waals surface area contributed by atoms with Crippen LogP contribution in [-0.2, 0) is 4.79 Å². The third kappa shape index (κ3) is 3.68. The minimum absolute atomic E-state index is 0.585. The van der Waals surface area contributed by atoms with Gasteiger partial charge in [-0.05, 0) is 25.8 Å². The lowest BCUT2D eigenvalue weighted by Gasteiger charge is -2.41. The summed E-state index contributed by atoms with van der Waals surface area (Å²) in [6, 6.07) is 0. The van der Waals surface area contributed by atoms with E-state index in [4.69, 9.17) is 0 Å². The van der Waals surface area contributed by atoms with Crippen molar-refractivity contribution in [3.05, 3.63) is 0 Å². The van der Waals surface area contributed by atoms with Gasteiger partial charge >= 0.3 is 5.97 Å². The molecule has 1 fully saturated rings. The Kier molecular flexibility index (Phi) is 5.40. The van der Waals surface area contributed by atoms with E-state index in [0.717, 1.165) is 32.5 Å². The average Bonchev–Trinajstić information content (AvgIpc) is 2.30. The number of piperidine rings is 1. The monoisotopic (exact) mass is 243 g/mol. The minimum Gasteiger partial charge on any atom is -0.481 e. The van der Waals surface area contributed by atoms with E-state index in [1.165, 1.54) is 0 Å². The summed E-state index contributed by atoms with van der Waals surface area (Å²) in [6.07, 6.45) is 3.61. The number of aliphatic carboxylic acids is 1. The Bertz CT molecular complexity index is 247. The van der Waals surface area contributed by atoms with E-state index in [2.05, 4.69) is 11.8 Å². The number of aliphatic hydroxyl groups is 1. The molecular weight excluding hydrogens is 218 g/mol. The summed E-state index contributed by atoms with van der Waals surface area (Å²) in [7, 11) is 0. The highest BCUT2D eigenvalue weighted by Gasteiger charge is 2.42. The van der Waals surface area contributed by atoms with E-state index in [9.17, 15) is 15.0 Å². The standard InChI is InChI=1S/C13H25NO3/c1-3-5-6-11(12(15)16)13(17)7-9-14(4-2)10-8-13/h11,17H,3-10H2,1-2H3,(H,15,16). The molecule has 0 aromatic rings. The fraction of sp³-hybridized carbons (Fsp3) is 0.923. The van der Waals surface area contributed by atoms with Crippen LogP contribution in [0, 0.1) is 5.92 Å². The number of carbonyl (C=O) groups is 1. The van der Waals surface area contributed by atoms with Crippen molar-refractivity contribution >= 4 is 5.97 Å². The van der Waals surface area contributed by atoms with Crippen LogP contribution >= 0.6 is 0 Å². The molecule has 0 aromatic carbocycles. The Morgan fingerprint density at radius 1 is 1.35 bits per heavy atom. The van der Waals surface area contributed by atoms with Gasteiger partial charge in [0, 0.05) is 13.1 Å². The van der Waals surface area contributed by atoms with Crippen LogP contribution in [0.25, 0.3) is 0 Å². The number of likely N-dealkylation sites (tertiary alicyclic amines) is 1. The van der Waals surface area contributed by atoms with Crippen molar-refractivity contribution in [3.8, 4) is 0 Å². The third-order valence-corrected chi connectivity index (χ3v) is 3.96. The molecule has 4 nitrogen and oxygen atoms in total. The predicted molar refractivity (Wildman–Crippen MR) is 66.9 cm³/mol. The maximum atomic E-state index is 11.3. The van der Waals surface area contributed by atoms with E-state index in [1.807, 2.05) is 6.92 Å². The molecule has 0 bridgehead atoms. The third-order valence-electron chi connectivity index (χ3n) is 3.96. The van der Waals surface area contributed by atoms with Crippen LogP contribution in [0.1, 0.15) is 46.0 Å². The van der Waals surface area contributed by atoms with Gasteiger partial charge in [0.2, 0.25) is 0 Å². The molecule has 1 heterocycles. The van der Waals surface area contributed by atoms with Gasteiger partial charge < -0.3 is 15.1 Å². The van der Waals surface area contributed by atoms with Gasteiger partial charge in [0.25, 0.3) is 0 Å². The quantitative estimate of drug-likeness (QED) is 0.746. The van der Waals surface area contributed by atoms with Crippen LogP contribution in [0.2, 0.25) is 0 Å². The van der Waals surface area contributed by atoms with Crippen molar-refractivity contribution in [1.82, 2.24) is 4.90 Å². The highest BCUT2D eigenvalue weighted by Crippen LogP contribution is 2.33. The first-order valence-electron chi connectivity index (χ1n) is 6.71. The lowest BCUT2D eigenvalue weighted by Crippen LogP contribution is -2.51. The molecule has 17 heavy (non-hydrogen) atoms. The summed E-state index contributed by atoms with van der Waals surface area (Å²) in [6.45, 7) is 6.73. The zero-order valence-corrected chi connectivity index (χ0v) is 11.0. The molecule has 1 aliphatic heterocycles. The number of unbranched alkanes of at least 4 members (excludes halogenated alkanes) is 1. The normalized spacial score (nSPS) is 22.3. The molecule has 1 unspecified atom stereocenters. The van der Waals surface area contributed by atoms with Crippen LogP contribution in [-0.4, -0.2) is 46.3 Å².